The third-order valence-electron chi connectivity index (χ3n) is 1.59. The Labute approximate surface area is 74.8 Å². The van der Waals surface area contributed by atoms with Gasteiger partial charge in [0.1, 0.15) is 6.33 Å². The van der Waals surface area contributed by atoms with Gasteiger partial charge in [0.15, 0.2) is 5.65 Å². The fraction of sp³-hybridized carbons (Fsp3) is 0.250. The first kappa shape index (κ1) is 7.61. The van der Waals surface area contributed by atoms with Crippen molar-refractivity contribution in [3.63, 3.8) is 0 Å². The van der Waals surface area contributed by atoms with E-state index in [0.29, 0.717) is 0 Å². The minimum Gasteiger partial charge on any atom is -0.288 e. The SMILES string of the molecule is CCSc1cccn2cnnc12. The van der Waals surface area contributed by atoms with E-state index >= 15 is 0 Å². The number of hydrogen-bond donors (Lipinski definition) is 0. The Balaban J connectivity index is 2.57. The van der Waals surface area contributed by atoms with Gasteiger partial charge in [-0.15, -0.1) is 22.0 Å². The molecule has 0 saturated carbocycles. The zero-order valence-electron chi connectivity index (χ0n) is 6.77. The topological polar surface area (TPSA) is 30.2 Å². The smallest absolute Gasteiger partial charge is 0.174 e. The summed E-state index contributed by atoms with van der Waals surface area (Å²) in [5.41, 5.74) is 0.948. The number of thioether (sulfide) groups is 1. The van der Waals surface area contributed by atoms with Crippen LogP contribution < -0.4 is 0 Å². The highest BCUT2D eigenvalue weighted by molar-refractivity contribution is 7.99. The van der Waals surface area contributed by atoms with Crippen molar-refractivity contribution in [1.82, 2.24) is 14.6 Å². The first-order valence-electron chi connectivity index (χ1n) is 3.83. The van der Waals surface area contributed by atoms with E-state index in [1.54, 1.807) is 18.1 Å². The molecule has 0 bridgehead atoms. The van der Waals surface area contributed by atoms with Gasteiger partial charge in [0.05, 0.1) is 4.90 Å². The van der Waals surface area contributed by atoms with Crippen LogP contribution in [0, 0.1) is 0 Å². The molecule has 0 spiro atoms. The molecule has 2 heterocycles. The van der Waals surface area contributed by atoms with E-state index in [9.17, 15) is 0 Å². The molecule has 0 aliphatic rings. The molecular weight excluding hydrogens is 170 g/mol. The summed E-state index contributed by atoms with van der Waals surface area (Å²) in [6, 6.07) is 4.08. The van der Waals surface area contributed by atoms with Crippen LogP contribution in [0.25, 0.3) is 5.65 Å². The number of aromatic nitrogens is 3. The molecule has 0 radical (unpaired) electrons. The highest BCUT2D eigenvalue weighted by Gasteiger charge is 2.00. The maximum atomic E-state index is 4.03. The lowest BCUT2D eigenvalue weighted by atomic mass is 10.5. The van der Waals surface area contributed by atoms with Crippen molar-refractivity contribution in [3.05, 3.63) is 24.7 Å². The van der Waals surface area contributed by atoms with E-state index in [1.165, 1.54) is 4.90 Å². The fourth-order valence-electron chi connectivity index (χ4n) is 1.09. The molecule has 12 heavy (non-hydrogen) atoms. The molecule has 0 aliphatic carbocycles. The van der Waals surface area contributed by atoms with Crippen LogP contribution in [0.15, 0.2) is 29.6 Å². The Morgan fingerprint density at radius 3 is 3.33 bits per heavy atom. The minimum atomic E-state index is 0.948. The second-order valence-electron chi connectivity index (χ2n) is 2.37. The Morgan fingerprint density at radius 1 is 1.58 bits per heavy atom. The van der Waals surface area contributed by atoms with E-state index in [4.69, 9.17) is 0 Å². The maximum absolute atomic E-state index is 4.03. The summed E-state index contributed by atoms with van der Waals surface area (Å²) in [5, 5.41) is 7.87. The van der Waals surface area contributed by atoms with Gasteiger partial charge in [-0.2, -0.15) is 0 Å². The van der Waals surface area contributed by atoms with E-state index in [0.717, 1.165) is 11.4 Å². The molecule has 62 valence electrons. The molecule has 0 fully saturated rings. The molecule has 3 nitrogen and oxygen atoms in total. The molecule has 2 aromatic heterocycles. The first-order chi connectivity index (χ1) is 5.92. The van der Waals surface area contributed by atoms with Crippen LogP contribution in [-0.2, 0) is 0 Å². The predicted molar refractivity (Wildman–Crippen MR) is 49.4 cm³/mol. The summed E-state index contributed by atoms with van der Waals surface area (Å²) < 4.78 is 1.93. The molecule has 0 atom stereocenters. The van der Waals surface area contributed by atoms with Crippen molar-refractivity contribution in [2.75, 3.05) is 5.75 Å². The van der Waals surface area contributed by atoms with Gasteiger partial charge in [-0.1, -0.05) is 6.92 Å². The molecule has 0 amide bonds. The summed E-state index contributed by atoms with van der Waals surface area (Å²) in [6.45, 7) is 2.13. The lowest BCUT2D eigenvalue weighted by molar-refractivity contribution is 1.10. The van der Waals surface area contributed by atoms with E-state index < -0.39 is 0 Å². The Bertz CT molecular complexity index is 382. The normalized spacial score (nSPS) is 10.8. The molecule has 0 aliphatic heterocycles. The average Bonchev–Trinajstić information content (AvgIpc) is 2.53. The first-order valence-corrected chi connectivity index (χ1v) is 4.81. The standard InChI is InChI=1S/C8H9N3S/c1-2-12-7-4-3-5-11-6-9-10-8(7)11/h3-6H,2H2,1H3. The van der Waals surface area contributed by atoms with Crippen molar-refractivity contribution in [2.45, 2.75) is 11.8 Å². The van der Waals surface area contributed by atoms with Crippen LogP contribution in [0.2, 0.25) is 0 Å². The highest BCUT2D eigenvalue weighted by Crippen LogP contribution is 2.20. The lowest BCUT2D eigenvalue weighted by Gasteiger charge is -1.98. The number of nitrogens with zero attached hydrogens (tertiary/aromatic N) is 3. The zero-order valence-corrected chi connectivity index (χ0v) is 7.58. The summed E-state index contributed by atoms with van der Waals surface area (Å²) in [6.07, 6.45) is 3.67. The molecule has 2 rings (SSSR count). The van der Waals surface area contributed by atoms with Crippen LogP contribution in [0.3, 0.4) is 0 Å². The van der Waals surface area contributed by atoms with Crippen molar-refractivity contribution in [2.24, 2.45) is 0 Å². The van der Waals surface area contributed by atoms with Gasteiger partial charge < -0.3 is 0 Å². The van der Waals surface area contributed by atoms with Crippen LogP contribution in [-0.4, -0.2) is 20.4 Å². The number of rotatable bonds is 2. The summed E-state index contributed by atoms with van der Waals surface area (Å²) in [5.74, 6) is 1.06. The molecule has 2 aromatic rings. The quantitative estimate of drug-likeness (QED) is 0.659. The van der Waals surface area contributed by atoms with Crippen molar-refractivity contribution in [1.29, 1.82) is 0 Å². The van der Waals surface area contributed by atoms with E-state index in [2.05, 4.69) is 23.2 Å². The van der Waals surface area contributed by atoms with Crippen molar-refractivity contribution < 1.29 is 0 Å². The van der Waals surface area contributed by atoms with Crippen LogP contribution in [0.1, 0.15) is 6.92 Å². The van der Waals surface area contributed by atoms with Gasteiger partial charge >= 0.3 is 0 Å². The third kappa shape index (κ3) is 1.18. The largest absolute Gasteiger partial charge is 0.288 e. The van der Waals surface area contributed by atoms with Gasteiger partial charge in [0, 0.05) is 6.20 Å². The summed E-state index contributed by atoms with van der Waals surface area (Å²) >= 11 is 1.79. The number of fused-ring (bicyclic) bond motifs is 1. The predicted octanol–water partition coefficient (Wildman–Crippen LogP) is 1.84. The monoisotopic (exact) mass is 179 g/mol. The lowest BCUT2D eigenvalue weighted by Crippen LogP contribution is -1.84. The van der Waals surface area contributed by atoms with Crippen LogP contribution >= 0.6 is 11.8 Å². The Hall–Kier alpha value is -1.03. The Kier molecular flexibility index (Phi) is 1.99. The third-order valence-corrected chi connectivity index (χ3v) is 2.51. The molecule has 0 saturated heterocycles. The van der Waals surface area contributed by atoms with Crippen LogP contribution in [0.5, 0.6) is 0 Å². The average molecular weight is 179 g/mol. The van der Waals surface area contributed by atoms with E-state index in [-0.39, 0.29) is 0 Å². The molecule has 0 N–H and O–H groups in total. The molecule has 0 aromatic carbocycles. The number of hydrogen-bond acceptors (Lipinski definition) is 3. The van der Waals surface area contributed by atoms with Gasteiger partial charge in [0.2, 0.25) is 0 Å². The number of pyridine rings is 1. The van der Waals surface area contributed by atoms with Crippen LogP contribution in [0.4, 0.5) is 0 Å². The van der Waals surface area contributed by atoms with Crippen molar-refractivity contribution in [3.8, 4) is 0 Å². The van der Waals surface area contributed by atoms with Crippen molar-refractivity contribution >= 4 is 17.4 Å². The molecule has 4 heteroatoms. The molecule has 0 unspecified atom stereocenters. The maximum Gasteiger partial charge on any atom is 0.174 e. The van der Waals surface area contributed by atoms with Gasteiger partial charge in [-0.3, -0.25) is 4.40 Å². The molecular formula is C8H9N3S. The van der Waals surface area contributed by atoms with Gasteiger partial charge in [0.25, 0.3) is 0 Å². The summed E-state index contributed by atoms with van der Waals surface area (Å²) in [4.78, 5) is 1.19. The minimum absolute atomic E-state index is 0.948. The fourth-order valence-corrected chi connectivity index (χ4v) is 1.86. The van der Waals surface area contributed by atoms with Gasteiger partial charge in [-0.05, 0) is 17.9 Å². The summed E-state index contributed by atoms with van der Waals surface area (Å²) in [7, 11) is 0. The van der Waals surface area contributed by atoms with E-state index in [1.807, 2.05) is 16.7 Å². The second-order valence-corrected chi connectivity index (χ2v) is 3.67. The highest BCUT2D eigenvalue weighted by atomic mass is 32.2. The second kappa shape index (κ2) is 3.15. The van der Waals surface area contributed by atoms with Gasteiger partial charge in [-0.25, -0.2) is 0 Å². The Morgan fingerprint density at radius 2 is 2.50 bits per heavy atom. The zero-order chi connectivity index (χ0) is 8.39.